The van der Waals surface area contributed by atoms with Crippen molar-refractivity contribution < 1.29 is 22.5 Å². The molecule has 3 atom stereocenters. The fraction of sp³-hybridized carbons (Fsp3) is 0.800. The number of hydrogen-bond acceptors (Lipinski definition) is 6. The summed E-state index contributed by atoms with van der Waals surface area (Å²) in [6.45, 7) is 4.15. The van der Waals surface area contributed by atoms with Crippen molar-refractivity contribution >= 4 is 16.1 Å². The number of nitrogens with zero attached hydrogens (tertiary/aromatic N) is 4. The van der Waals surface area contributed by atoms with Crippen LogP contribution in [-0.2, 0) is 14.8 Å². The summed E-state index contributed by atoms with van der Waals surface area (Å²) in [7, 11) is 0.00439. The number of piperidine rings is 2. The second kappa shape index (κ2) is 8.12. The minimum absolute atomic E-state index is 0.0571. The molecule has 1 unspecified atom stereocenters. The van der Waals surface area contributed by atoms with Gasteiger partial charge >= 0.3 is 6.03 Å². The monoisotopic (exact) mass is 440 g/mol. The number of fused-ring (bicyclic) bond motifs is 2. The van der Waals surface area contributed by atoms with E-state index >= 15 is 0 Å². The van der Waals surface area contributed by atoms with E-state index in [0.29, 0.717) is 37.4 Å². The number of sulfonamides is 1. The number of carbonyl (C=O) groups is 1. The summed E-state index contributed by atoms with van der Waals surface area (Å²) in [5.74, 6) is 0.334. The van der Waals surface area contributed by atoms with Gasteiger partial charge in [0.2, 0.25) is 10.0 Å². The first-order valence-electron chi connectivity index (χ1n) is 10.8. The average molecular weight is 441 g/mol. The smallest absolute Gasteiger partial charge is 0.319 e. The van der Waals surface area contributed by atoms with Crippen LogP contribution in [0.3, 0.4) is 0 Å². The van der Waals surface area contributed by atoms with Crippen LogP contribution in [0.2, 0.25) is 0 Å². The SMILES string of the molecule is Cc1noc(C)c1S(=O)(=O)N1CCC(OC2C[C@H]3CC[C@@H](C2)N3C(=O)N(C)C)CC1. The molecule has 2 bridgehead atoms. The highest BCUT2D eigenvalue weighted by Gasteiger charge is 2.45. The van der Waals surface area contributed by atoms with Crippen molar-refractivity contribution in [1.29, 1.82) is 0 Å². The van der Waals surface area contributed by atoms with Crippen molar-refractivity contribution in [3.8, 4) is 0 Å². The quantitative estimate of drug-likeness (QED) is 0.712. The van der Waals surface area contributed by atoms with Gasteiger partial charge in [-0.3, -0.25) is 0 Å². The summed E-state index contributed by atoms with van der Waals surface area (Å²) in [6, 6.07) is 0.603. The van der Waals surface area contributed by atoms with Gasteiger partial charge in [0.15, 0.2) is 5.76 Å². The van der Waals surface area contributed by atoms with Crippen LogP contribution in [-0.4, -0.2) is 85.2 Å². The van der Waals surface area contributed by atoms with E-state index in [0.717, 1.165) is 25.7 Å². The van der Waals surface area contributed by atoms with Gasteiger partial charge in [0.05, 0.1) is 12.2 Å². The molecule has 3 aliphatic heterocycles. The molecule has 10 heteroatoms. The molecule has 4 heterocycles. The Morgan fingerprint density at radius 2 is 1.67 bits per heavy atom. The van der Waals surface area contributed by atoms with Crippen LogP contribution in [0, 0.1) is 13.8 Å². The minimum atomic E-state index is -3.60. The van der Waals surface area contributed by atoms with Gasteiger partial charge in [0, 0.05) is 39.3 Å². The maximum atomic E-state index is 13.0. The Morgan fingerprint density at radius 3 is 2.17 bits per heavy atom. The van der Waals surface area contributed by atoms with Crippen molar-refractivity contribution in [3.05, 3.63) is 11.5 Å². The van der Waals surface area contributed by atoms with Crippen LogP contribution in [0.4, 0.5) is 4.79 Å². The molecule has 0 spiro atoms. The first-order valence-corrected chi connectivity index (χ1v) is 12.2. The van der Waals surface area contributed by atoms with Crippen molar-refractivity contribution in [2.24, 2.45) is 0 Å². The van der Waals surface area contributed by atoms with E-state index in [1.165, 1.54) is 4.31 Å². The predicted octanol–water partition coefficient (Wildman–Crippen LogP) is 2.14. The van der Waals surface area contributed by atoms with Crippen molar-refractivity contribution in [1.82, 2.24) is 19.3 Å². The molecule has 0 saturated carbocycles. The number of urea groups is 1. The largest absolute Gasteiger partial charge is 0.375 e. The van der Waals surface area contributed by atoms with E-state index in [-0.39, 0.29) is 35.2 Å². The Hall–Kier alpha value is -1.65. The third-order valence-electron chi connectivity index (χ3n) is 6.64. The molecular formula is C20H32N4O5S. The number of hydrogen-bond donors (Lipinski definition) is 0. The summed E-state index contributed by atoms with van der Waals surface area (Å²) in [5.41, 5.74) is 0.403. The first kappa shape index (κ1) is 21.6. The highest BCUT2D eigenvalue weighted by molar-refractivity contribution is 7.89. The summed E-state index contributed by atoms with van der Waals surface area (Å²) in [5, 5.41) is 3.78. The lowest BCUT2D eigenvalue weighted by Gasteiger charge is -2.41. The Bertz CT molecular complexity index is 858. The third kappa shape index (κ3) is 3.85. The maximum absolute atomic E-state index is 13.0. The molecule has 3 fully saturated rings. The minimum Gasteiger partial charge on any atom is -0.375 e. The van der Waals surface area contributed by atoms with Gasteiger partial charge in [-0.1, -0.05) is 5.16 Å². The molecule has 1 aromatic heterocycles. The van der Waals surface area contributed by atoms with Crippen LogP contribution in [0.1, 0.15) is 50.0 Å². The lowest BCUT2D eigenvalue weighted by molar-refractivity contribution is -0.0685. The number of amides is 2. The van der Waals surface area contributed by atoms with Crippen LogP contribution < -0.4 is 0 Å². The Morgan fingerprint density at radius 1 is 1.07 bits per heavy atom. The maximum Gasteiger partial charge on any atom is 0.319 e. The second-order valence-corrected chi connectivity index (χ2v) is 10.8. The number of ether oxygens (including phenoxy) is 1. The van der Waals surface area contributed by atoms with E-state index in [4.69, 9.17) is 9.26 Å². The lowest BCUT2D eigenvalue weighted by atomic mass is 9.99. The predicted molar refractivity (Wildman–Crippen MR) is 110 cm³/mol. The summed E-state index contributed by atoms with van der Waals surface area (Å²) < 4.78 is 38.9. The first-order chi connectivity index (χ1) is 14.2. The van der Waals surface area contributed by atoms with E-state index < -0.39 is 10.0 Å². The molecule has 3 aliphatic rings. The number of rotatable bonds is 4. The van der Waals surface area contributed by atoms with E-state index in [2.05, 4.69) is 5.16 Å². The van der Waals surface area contributed by atoms with Crippen molar-refractivity contribution in [2.45, 2.75) is 81.6 Å². The highest BCUT2D eigenvalue weighted by atomic mass is 32.2. The van der Waals surface area contributed by atoms with Crippen LogP contribution in [0.5, 0.6) is 0 Å². The second-order valence-electron chi connectivity index (χ2n) is 8.96. The van der Waals surface area contributed by atoms with Crippen LogP contribution >= 0.6 is 0 Å². The Balaban J connectivity index is 1.33. The van der Waals surface area contributed by atoms with Gasteiger partial charge in [-0.15, -0.1) is 0 Å². The molecule has 0 radical (unpaired) electrons. The van der Waals surface area contributed by atoms with Gasteiger partial charge in [0.25, 0.3) is 0 Å². The molecule has 0 aliphatic carbocycles. The lowest BCUT2D eigenvalue weighted by Crippen LogP contribution is -2.52. The van der Waals surface area contributed by atoms with Crippen LogP contribution in [0.25, 0.3) is 0 Å². The van der Waals surface area contributed by atoms with Crippen molar-refractivity contribution in [3.63, 3.8) is 0 Å². The molecule has 9 nitrogen and oxygen atoms in total. The van der Waals surface area contributed by atoms with Gasteiger partial charge < -0.3 is 19.1 Å². The zero-order valence-electron chi connectivity index (χ0n) is 18.2. The highest BCUT2D eigenvalue weighted by Crippen LogP contribution is 2.38. The Labute approximate surface area is 178 Å². The summed E-state index contributed by atoms with van der Waals surface area (Å²) in [4.78, 5) is 16.4. The molecular weight excluding hydrogens is 408 g/mol. The molecule has 0 N–H and O–H groups in total. The van der Waals surface area contributed by atoms with Gasteiger partial charge in [-0.2, -0.15) is 4.31 Å². The zero-order valence-corrected chi connectivity index (χ0v) is 19.0. The molecule has 3 saturated heterocycles. The molecule has 1 aromatic rings. The molecule has 0 aromatic carbocycles. The van der Waals surface area contributed by atoms with Gasteiger partial charge in [-0.25, -0.2) is 13.2 Å². The zero-order chi connectivity index (χ0) is 21.6. The molecule has 4 rings (SSSR count). The van der Waals surface area contributed by atoms with Crippen LogP contribution in [0.15, 0.2) is 9.42 Å². The normalized spacial score (nSPS) is 28.1. The fourth-order valence-corrected chi connectivity index (χ4v) is 7.00. The van der Waals surface area contributed by atoms with Crippen molar-refractivity contribution in [2.75, 3.05) is 27.2 Å². The average Bonchev–Trinajstić information content (AvgIpc) is 3.17. The topological polar surface area (TPSA) is 96.2 Å². The third-order valence-corrected chi connectivity index (χ3v) is 8.79. The number of aryl methyl sites for hydroxylation is 2. The fourth-order valence-electron chi connectivity index (χ4n) is 5.23. The number of carbonyl (C=O) groups excluding carboxylic acids is 1. The van der Waals surface area contributed by atoms with Gasteiger partial charge in [-0.05, 0) is 52.4 Å². The molecule has 30 heavy (non-hydrogen) atoms. The Kier molecular flexibility index (Phi) is 5.84. The van der Waals surface area contributed by atoms with E-state index in [1.54, 1.807) is 32.8 Å². The number of aromatic nitrogens is 1. The molecule has 168 valence electrons. The van der Waals surface area contributed by atoms with E-state index in [1.807, 2.05) is 4.90 Å². The summed E-state index contributed by atoms with van der Waals surface area (Å²) in [6.07, 6.45) is 5.37. The van der Waals surface area contributed by atoms with Gasteiger partial charge in [0.1, 0.15) is 10.6 Å². The molecule has 2 amide bonds. The standard InChI is InChI=1S/C20H32N4O5S/c1-13-19(14(2)29-21-13)30(26,27)23-9-7-17(8-10-23)28-18-11-15-5-6-16(12-18)24(15)20(25)22(3)4/h15-18H,5-12H2,1-4H3/t15-,16+,18?. The van der Waals surface area contributed by atoms with E-state index in [9.17, 15) is 13.2 Å². The summed E-state index contributed by atoms with van der Waals surface area (Å²) >= 11 is 0.